The van der Waals surface area contributed by atoms with Crippen molar-refractivity contribution in [2.24, 2.45) is 17.3 Å². The SMILES string of the molecule is CC(C)(O)[C@H]1C[C@@H]2[C@](C)(CC[C@H](O)[C@@]2(C)O[C@@H]2O[C@H](CO)[C@@H](O)[C@H](O)[C@H]2O)CC1=O. The number of hydrogen-bond acceptors (Lipinski definition) is 9. The minimum Gasteiger partial charge on any atom is -0.394 e. The number of Topliss-reactive ketones (excluding diaryl/α,β-unsaturated/α-hetero) is 1. The van der Waals surface area contributed by atoms with E-state index in [1.807, 2.05) is 6.92 Å². The molecule has 9 heteroatoms. The van der Waals surface area contributed by atoms with E-state index < -0.39 is 66.0 Å². The second-order valence-electron chi connectivity index (χ2n) is 10.3. The number of rotatable bonds is 4. The third-order valence-corrected chi connectivity index (χ3v) is 7.69. The van der Waals surface area contributed by atoms with Crippen LogP contribution in [-0.2, 0) is 14.3 Å². The van der Waals surface area contributed by atoms with E-state index in [9.17, 15) is 35.4 Å². The molecule has 1 aliphatic heterocycles. The highest BCUT2D eigenvalue weighted by Gasteiger charge is 2.61. The Morgan fingerprint density at radius 3 is 2.33 bits per heavy atom. The minimum absolute atomic E-state index is 0.0205. The van der Waals surface area contributed by atoms with Gasteiger partial charge in [-0.05, 0) is 51.4 Å². The van der Waals surface area contributed by atoms with Crippen molar-refractivity contribution < 1.29 is 44.9 Å². The van der Waals surface area contributed by atoms with Crippen LogP contribution in [0, 0.1) is 17.3 Å². The Balaban J connectivity index is 1.92. The first-order valence-corrected chi connectivity index (χ1v) is 10.7. The molecule has 30 heavy (non-hydrogen) atoms. The van der Waals surface area contributed by atoms with Crippen molar-refractivity contribution >= 4 is 5.78 Å². The van der Waals surface area contributed by atoms with Gasteiger partial charge in [0.1, 0.15) is 30.2 Å². The van der Waals surface area contributed by atoms with Crippen molar-refractivity contribution in [3.63, 3.8) is 0 Å². The number of ether oxygens (including phenoxy) is 2. The van der Waals surface area contributed by atoms with Gasteiger partial charge in [-0.3, -0.25) is 4.79 Å². The second kappa shape index (κ2) is 8.04. The summed E-state index contributed by atoms with van der Waals surface area (Å²) in [5, 5.41) is 61.4. The van der Waals surface area contributed by atoms with Crippen LogP contribution in [-0.4, -0.2) is 91.0 Å². The lowest BCUT2D eigenvalue weighted by atomic mass is 9.51. The smallest absolute Gasteiger partial charge is 0.187 e. The van der Waals surface area contributed by atoms with E-state index in [2.05, 4.69) is 0 Å². The predicted octanol–water partition coefficient (Wildman–Crippen LogP) is -0.911. The first kappa shape index (κ1) is 24.0. The second-order valence-corrected chi connectivity index (χ2v) is 10.3. The van der Waals surface area contributed by atoms with Gasteiger partial charge in [0.15, 0.2) is 6.29 Å². The van der Waals surface area contributed by atoms with Crippen LogP contribution in [0.3, 0.4) is 0 Å². The monoisotopic (exact) mass is 432 g/mol. The average molecular weight is 433 g/mol. The molecule has 1 saturated heterocycles. The molecule has 0 spiro atoms. The summed E-state index contributed by atoms with van der Waals surface area (Å²) < 4.78 is 11.6. The minimum atomic E-state index is -1.59. The van der Waals surface area contributed by atoms with Gasteiger partial charge in [0.25, 0.3) is 0 Å². The number of fused-ring (bicyclic) bond motifs is 1. The van der Waals surface area contributed by atoms with E-state index >= 15 is 0 Å². The maximum absolute atomic E-state index is 12.8. The summed E-state index contributed by atoms with van der Waals surface area (Å²) in [5.41, 5.74) is -2.95. The van der Waals surface area contributed by atoms with Gasteiger partial charge in [-0.25, -0.2) is 0 Å². The van der Waals surface area contributed by atoms with Gasteiger partial charge in [-0.2, -0.15) is 0 Å². The quantitative estimate of drug-likeness (QED) is 0.331. The molecule has 9 nitrogen and oxygen atoms in total. The molecule has 0 amide bonds. The molecule has 3 fully saturated rings. The summed E-state index contributed by atoms with van der Waals surface area (Å²) in [6.07, 6.45) is -6.61. The highest BCUT2D eigenvalue weighted by atomic mass is 16.7. The van der Waals surface area contributed by atoms with Gasteiger partial charge in [0, 0.05) is 12.3 Å². The molecule has 0 bridgehead atoms. The molecule has 1 heterocycles. The maximum Gasteiger partial charge on any atom is 0.187 e. The van der Waals surface area contributed by atoms with Crippen LogP contribution in [0.4, 0.5) is 0 Å². The first-order chi connectivity index (χ1) is 13.7. The molecule has 3 rings (SSSR count). The normalized spacial score (nSPS) is 50.3. The molecule has 6 N–H and O–H groups in total. The Morgan fingerprint density at radius 2 is 1.77 bits per heavy atom. The van der Waals surface area contributed by atoms with Gasteiger partial charge < -0.3 is 40.1 Å². The number of aliphatic hydroxyl groups is 6. The third-order valence-electron chi connectivity index (χ3n) is 7.69. The fraction of sp³-hybridized carbons (Fsp3) is 0.952. The van der Waals surface area contributed by atoms with Crippen molar-refractivity contribution in [1.29, 1.82) is 0 Å². The van der Waals surface area contributed by atoms with Crippen LogP contribution in [0.2, 0.25) is 0 Å². The van der Waals surface area contributed by atoms with E-state index in [0.29, 0.717) is 19.3 Å². The summed E-state index contributed by atoms with van der Waals surface area (Å²) >= 11 is 0. The number of hydrogen-bond donors (Lipinski definition) is 6. The number of carbonyl (C=O) groups excluding carboxylic acids is 1. The van der Waals surface area contributed by atoms with Crippen LogP contribution in [0.15, 0.2) is 0 Å². The van der Waals surface area contributed by atoms with Crippen molar-refractivity contribution in [3.05, 3.63) is 0 Å². The molecule has 0 aromatic heterocycles. The fourth-order valence-corrected chi connectivity index (χ4v) is 5.73. The van der Waals surface area contributed by atoms with E-state index in [1.54, 1.807) is 20.8 Å². The van der Waals surface area contributed by atoms with Crippen LogP contribution in [0.1, 0.15) is 53.4 Å². The zero-order chi connectivity index (χ0) is 22.6. The molecule has 0 aromatic carbocycles. The molecule has 10 atom stereocenters. The van der Waals surface area contributed by atoms with Crippen LogP contribution >= 0.6 is 0 Å². The Morgan fingerprint density at radius 1 is 1.13 bits per heavy atom. The molecule has 2 saturated carbocycles. The first-order valence-electron chi connectivity index (χ1n) is 10.7. The predicted molar refractivity (Wildman–Crippen MR) is 104 cm³/mol. The van der Waals surface area contributed by atoms with Crippen LogP contribution < -0.4 is 0 Å². The molecule has 174 valence electrons. The zero-order valence-corrected chi connectivity index (χ0v) is 18.1. The number of carbonyl (C=O) groups is 1. The van der Waals surface area contributed by atoms with E-state index in [0.717, 1.165) is 0 Å². The average Bonchev–Trinajstić information content (AvgIpc) is 2.64. The Kier molecular flexibility index (Phi) is 6.43. The molecular formula is C21H36O9. The van der Waals surface area contributed by atoms with Crippen LogP contribution in [0.25, 0.3) is 0 Å². The molecule has 2 aliphatic carbocycles. The van der Waals surface area contributed by atoms with Crippen molar-refractivity contribution in [1.82, 2.24) is 0 Å². The molecular weight excluding hydrogens is 396 g/mol. The lowest BCUT2D eigenvalue weighted by molar-refractivity contribution is -0.352. The molecule has 0 unspecified atom stereocenters. The van der Waals surface area contributed by atoms with Crippen LogP contribution in [0.5, 0.6) is 0 Å². The van der Waals surface area contributed by atoms with Gasteiger partial charge >= 0.3 is 0 Å². The highest BCUT2D eigenvalue weighted by Crippen LogP contribution is 2.57. The van der Waals surface area contributed by atoms with Crippen molar-refractivity contribution in [3.8, 4) is 0 Å². The van der Waals surface area contributed by atoms with Gasteiger partial charge in [-0.15, -0.1) is 0 Å². The third kappa shape index (κ3) is 3.95. The summed E-state index contributed by atoms with van der Waals surface area (Å²) in [5.74, 6) is -0.985. The van der Waals surface area contributed by atoms with E-state index in [4.69, 9.17) is 9.47 Å². The highest BCUT2D eigenvalue weighted by molar-refractivity contribution is 5.83. The lowest BCUT2D eigenvalue weighted by Gasteiger charge is -2.59. The molecule has 0 radical (unpaired) electrons. The van der Waals surface area contributed by atoms with Gasteiger partial charge in [0.05, 0.1) is 23.9 Å². The zero-order valence-electron chi connectivity index (χ0n) is 18.1. The van der Waals surface area contributed by atoms with Crippen molar-refractivity contribution in [2.75, 3.05) is 6.61 Å². The fourth-order valence-electron chi connectivity index (χ4n) is 5.73. The summed E-state index contributed by atoms with van der Waals surface area (Å²) in [6, 6.07) is 0. The van der Waals surface area contributed by atoms with E-state index in [-0.39, 0.29) is 18.1 Å². The number of ketones is 1. The Bertz CT molecular complexity index is 647. The molecule has 0 aromatic rings. The summed E-state index contributed by atoms with van der Waals surface area (Å²) in [4.78, 5) is 12.8. The summed E-state index contributed by atoms with van der Waals surface area (Å²) in [7, 11) is 0. The largest absolute Gasteiger partial charge is 0.394 e. The summed E-state index contributed by atoms with van der Waals surface area (Å²) in [6.45, 7) is 6.26. The maximum atomic E-state index is 12.8. The van der Waals surface area contributed by atoms with Crippen molar-refractivity contribution in [2.45, 2.75) is 101 Å². The molecule has 3 aliphatic rings. The Hall–Kier alpha value is -0.650. The van der Waals surface area contributed by atoms with E-state index in [1.165, 1.54) is 0 Å². The van der Waals surface area contributed by atoms with Gasteiger partial charge in [-0.1, -0.05) is 6.92 Å². The van der Waals surface area contributed by atoms with Gasteiger partial charge in [0.2, 0.25) is 0 Å². The lowest BCUT2D eigenvalue weighted by Crippen LogP contribution is -2.66. The topological polar surface area (TPSA) is 157 Å². The number of aliphatic hydroxyl groups excluding tert-OH is 5. The standard InChI is InChI=1S/C21H36O9/c1-19(2,28)10-7-13-20(3,8-11(10)23)6-5-14(24)21(13,4)30-18-17(27)16(26)15(25)12(9-22)29-18/h10,12-18,22,24-28H,5-9H2,1-4H3/t10-,12+,13+,14-,15+,16-,17+,18-,20+,21-/m0/s1. The Labute approximate surface area is 176 Å².